The van der Waals surface area contributed by atoms with Gasteiger partial charge in [0.25, 0.3) is 0 Å². The molecule has 6 heteroatoms. The fraction of sp³-hybridized carbons (Fsp3) is 0.635. The fourth-order valence-corrected chi connectivity index (χ4v) is 8.49. The van der Waals surface area contributed by atoms with Crippen LogP contribution in [-0.2, 0) is 25.5 Å². The minimum absolute atomic E-state index is 0.0447. The monoisotopic (exact) mass is 799 g/mol. The molecule has 1 aromatic carbocycles. The maximum atomic E-state index is 12.9. The standard InChI is InChI=1S/C52H78O6/c1-37(2)17-12-18-38(3)19-13-20-39(4)23-16-31-52(11)33-28-44-36-45(35-42(7)50(44)58-52)56-48(54)24-15-25-49(55)57-47-29-32-51(9,10)46(43(47)8)27-26-40(5)21-14-22-41(6)30-34-53/h14,21-22,26-27,30,34-39,47H,12-13,15-20,23-25,28-29,31-33H2,1-11H3/b22-14+,27-26+,40-21+,41-30+/t38-,39-,47?,52-/m0/s1. The van der Waals surface area contributed by atoms with Crippen molar-refractivity contribution >= 4 is 18.2 Å². The largest absolute Gasteiger partial charge is 0.487 e. The molecular formula is C52H78O6. The molecule has 0 spiro atoms. The number of carbonyl (C=O) groups excluding carboxylic acids is 3. The molecule has 1 aliphatic heterocycles. The van der Waals surface area contributed by atoms with Crippen molar-refractivity contribution in [2.45, 2.75) is 191 Å². The molecule has 0 bridgehead atoms. The average Bonchev–Trinajstić information content (AvgIpc) is 3.13. The van der Waals surface area contributed by atoms with Crippen LogP contribution in [0.5, 0.6) is 11.5 Å². The van der Waals surface area contributed by atoms with Crippen molar-refractivity contribution in [3.8, 4) is 11.5 Å². The van der Waals surface area contributed by atoms with Crippen LogP contribution < -0.4 is 9.47 Å². The Balaban J connectivity index is 1.43. The highest BCUT2D eigenvalue weighted by Gasteiger charge is 2.34. The fourth-order valence-electron chi connectivity index (χ4n) is 8.49. The Morgan fingerprint density at radius 1 is 0.828 bits per heavy atom. The predicted octanol–water partition coefficient (Wildman–Crippen LogP) is 13.8. The Morgan fingerprint density at radius 2 is 1.47 bits per heavy atom. The lowest BCUT2D eigenvalue weighted by molar-refractivity contribution is -0.148. The number of esters is 2. The van der Waals surface area contributed by atoms with Crippen LogP contribution in [0.4, 0.5) is 0 Å². The van der Waals surface area contributed by atoms with E-state index < -0.39 is 0 Å². The lowest BCUT2D eigenvalue weighted by Crippen LogP contribution is -2.36. The van der Waals surface area contributed by atoms with Crippen LogP contribution in [0.2, 0.25) is 0 Å². The molecule has 4 atom stereocenters. The SMILES string of the molecule is CC1=C(/C=C/C(C)=C/C=C/C(C)=C/C=O)C(C)(C)CCC1OC(=O)CCCC(=O)Oc1cc(C)c2c(c1)CC[C@](C)(CCC[C@@H](C)CCC[C@@H](C)CCCC(C)C)O2. The molecule has 0 radical (unpaired) electrons. The first kappa shape index (κ1) is 48.7. The summed E-state index contributed by atoms with van der Waals surface area (Å²) in [6.07, 6.45) is 27.8. The first-order valence-corrected chi connectivity index (χ1v) is 22.5. The number of fused-ring (bicyclic) bond motifs is 1. The van der Waals surface area contributed by atoms with E-state index in [9.17, 15) is 14.4 Å². The van der Waals surface area contributed by atoms with E-state index in [4.69, 9.17) is 14.2 Å². The number of rotatable bonds is 23. The van der Waals surface area contributed by atoms with Crippen LogP contribution >= 0.6 is 0 Å². The summed E-state index contributed by atoms with van der Waals surface area (Å²) in [4.78, 5) is 36.5. The third-order valence-corrected chi connectivity index (χ3v) is 12.4. The predicted molar refractivity (Wildman–Crippen MR) is 240 cm³/mol. The molecule has 0 saturated heterocycles. The van der Waals surface area contributed by atoms with Gasteiger partial charge in [-0.15, -0.1) is 0 Å². The normalized spacial score (nSPS) is 20.9. The van der Waals surface area contributed by atoms with Gasteiger partial charge in [0.1, 0.15) is 29.5 Å². The highest BCUT2D eigenvalue weighted by molar-refractivity contribution is 5.74. The first-order chi connectivity index (χ1) is 27.4. The van der Waals surface area contributed by atoms with Crippen LogP contribution in [0.3, 0.4) is 0 Å². The second kappa shape index (κ2) is 23.8. The molecule has 0 fully saturated rings. The van der Waals surface area contributed by atoms with Crippen LogP contribution in [0.1, 0.15) is 177 Å². The lowest BCUT2D eigenvalue weighted by atomic mass is 9.71. The number of aldehydes is 1. The van der Waals surface area contributed by atoms with Gasteiger partial charge in [-0.2, -0.15) is 0 Å². The Bertz CT molecular complexity index is 1670. The van der Waals surface area contributed by atoms with Gasteiger partial charge in [0.2, 0.25) is 0 Å². The molecule has 0 saturated carbocycles. The minimum atomic E-state index is -0.348. The molecule has 1 heterocycles. The molecule has 3 rings (SSSR count). The van der Waals surface area contributed by atoms with E-state index in [1.165, 1.54) is 63.0 Å². The average molecular weight is 799 g/mol. The number of carbonyl (C=O) groups is 3. The Hall–Kier alpha value is -3.67. The van der Waals surface area contributed by atoms with Crippen molar-refractivity contribution in [3.05, 3.63) is 82.0 Å². The third kappa shape index (κ3) is 16.9. The van der Waals surface area contributed by atoms with Crippen molar-refractivity contribution in [1.29, 1.82) is 0 Å². The van der Waals surface area contributed by atoms with Crippen LogP contribution in [0, 0.1) is 30.1 Å². The Labute approximate surface area is 353 Å². The Kier molecular flexibility index (Phi) is 20.0. The second-order valence-corrected chi connectivity index (χ2v) is 19.1. The van der Waals surface area contributed by atoms with Gasteiger partial charge in [-0.3, -0.25) is 14.4 Å². The van der Waals surface area contributed by atoms with Gasteiger partial charge in [-0.05, 0) is 149 Å². The quantitative estimate of drug-likeness (QED) is 0.0361. The van der Waals surface area contributed by atoms with Crippen molar-refractivity contribution in [2.75, 3.05) is 0 Å². The molecule has 0 amide bonds. The van der Waals surface area contributed by atoms with Crippen LogP contribution in [0.25, 0.3) is 0 Å². The number of hydrogen-bond acceptors (Lipinski definition) is 6. The van der Waals surface area contributed by atoms with E-state index in [0.717, 1.165) is 89.7 Å². The topological polar surface area (TPSA) is 78.9 Å². The van der Waals surface area contributed by atoms with Gasteiger partial charge in [0.15, 0.2) is 0 Å². The highest BCUT2D eigenvalue weighted by Crippen LogP contribution is 2.43. The lowest BCUT2D eigenvalue weighted by Gasteiger charge is -2.37. The van der Waals surface area contributed by atoms with E-state index in [1.807, 2.05) is 51.1 Å². The molecule has 2 aliphatic rings. The summed E-state index contributed by atoms with van der Waals surface area (Å²) in [6, 6.07) is 3.85. The van der Waals surface area contributed by atoms with Gasteiger partial charge in [0.05, 0.1) is 0 Å². The third-order valence-electron chi connectivity index (χ3n) is 12.4. The van der Waals surface area contributed by atoms with E-state index >= 15 is 0 Å². The summed E-state index contributed by atoms with van der Waals surface area (Å²) in [6.45, 7) is 24.2. The molecule has 322 valence electrons. The zero-order valence-corrected chi connectivity index (χ0v) is 38.3. The number of allylic oxidation sites excluding steroid dienone is 9. The van der Waals surface area contributed by atoms with Gasteiger partial charge in [0, 0.05) is 12.8 Å². The van der Waals surface area contributed by atoms with E-state index in [0.29, 0.717) is 12.2 Å². The molecule has 1 aliphatic carbocycles. The zero-order valence-electron chi connectivity index (χ0n) is 38.3. The first-order valence-electron chi connectivity index (χ1n) is 22.5. The maximum Gasteiger partial charge on any atom is 0.311 e. The smallest absolute Gasteiger partial charge is 0.311 e. The van der Waals surface area contributed by atoms with E-state index in [1.54, 1.807) is 0 Å². The summed E-state index contributed by atoms with van der Waals surface area (Å²) in [5.41, 5.74) is 6.06. The van der Waals surface area contributed by atoms with Crippen molar-refractivity contribution in [3.63, 3.8) is 0 Å². The van der Waals surface area contributed by atoms with Crippen molar-refractivity contribution < 1.29 is 28.6 Å². The Morgan fingerprint density at radius 3 is 2.14 bits per heavy atom. The highest BCUT2D eigenvalue weighted by atomic mass is 16.5. The molecule has 0 N–H and O–H groups in total. The molecule has 1 aromatic rings. The molecule has 1 unspecified atom stereocenters. The van der Waals surface area contributed by atoms with Crippen LogP contribution in [0.15, 0.2) is 70.9 Å². The summed E-state index contributed by atoms with van der Waals surface area (Å²) in [5.74, 6) is 3.23. The van der Waals surface area contributed by atoms with Gasteiger partial charge in [-0.25, -0.2) is 0 Å². The van der Waals surface area contributed by atoms with E-state index in [2.05, 4.69) is 67.5 Å². The zero-order chi connectivity index (χ0) is 42.9. The minimum Gasteiger partial charge on any atom is -0.487 e. The summed E-state index contributed by atoms with van der Waals surface area (Å²) < 4.78 is 18.4. The van der Waals surface area contributed by atoms with Gasteiger partial charge in [-0.1, -0.05) is 122 Å². The van der Waals surface area contributed by atoms with Crippen molar-refractivity contribution in [1.82, 2.24) is 0 Å². The molecule has 58 heavy (non-hydrogen) atoms. The van der Waals surface area contributed by atoms with Gasteiger partial charge < -0.3 is 14.2 Å². The van der Waals surface area contributed by atoms with E-state index in [-0.39, 0.29) is 41.9 Å². The maximum absolute atomic E-state index is 12.9. The summed E-state index contributed by atoms with van der Waals surface area (Å²) in [5, 5.41) is 0. The van der Waals surface area contributed by atoms with Crippen molar-refractivity contribution in [2.24, 2.45) is 23.2 Å². The number of hydrogen-bond donors (Lipinski definition) is 0. The number of ether oxygens (including phenoxy) is 3. The summed E-state index contributed by atoms with van der Waals surface area (Å²) >= 11 is 0. The van der Waals surface area contributed by atoms with Crippen LogP contribution in [-0.4, -0.2) is 29.9 Å². The summed E-state index contributed by atoms with van der Waals surface area (Å²) in [7, 11) is 0. The molecular weight excluding hydrogens is 721 g/mol. The molecule has 0 aromatic heterocycles. The number of aryl methyl sites for hydroxylation is 2. The number of benzene rings is 1. The van der Waals surface area contributed by atoms with Gasteiger partial charge >= 0.3 is 11.9 Å². The molecule has 6 nitrogen and oxygen atoms in total. The second-order valence-electron chi connectivity index (χ2n) is 19.1.